The van der Waals surface area contributed by atoms with Crippen LogP contribution in [0.3, 0.4) is 0 Å². The molecule has 0 unspecified atom stereocenters. The van der Waals surface area contributed by atoms with Crippen molar-refractivity contribution >= 4 is 0 Å². The summed E-state index contributed by atoms with van der Waals surface area (Å²) in [7, 11) is 5.83. The molecule has 3 rings (SSSR count). The maximum atomic E-state index is 10.4. The summed E-state index contributed by atoms with van der Waals surface area (Å²) in [4.78, 5) is 6.80. The lowest BCUT2D eigenvalue weighted by Crippen LogP contribution is -2.47. The summed E-state index contributed by atoms with van der Waals surface area (Å²) in [6.07, 6.45) is 2.92. The number of nitrogens with zero attached hydrogens (tertiary/aromatic N) is 3. The van der Waals surface area contributed by atoms with Crippen molar-refractivity contribution < 1.29 is 19.0 Å². The molecule has 7 heteroatoms. The van der Waals surface area contributed by atoms with Crippen LogP contribution in [0.4, 0.5) is 0 Å². The van der Waals surface area contributed by atoms with Crippen LogP contribution in [-0.2, 0) is 13.1 Å². The van der Waals surface area contributed by atoms with Crippen molar-refractivity contribution in [3.63, 3.8) is 0 Å². The monoisotopic (exact) mass is 403 g/mol. The number of ether oxygens (including phenoxy) is 2. The van der Waals surface area contributed by atoms with Crippen LogP contribution in [0.25, 0.3) is 0 Å². The fraction of sp³-hybridized carbons (Fsp3) is 0.545. The second-order valence-corrected chi connectivity index (χ2v) is 7.86. The van der Waals surface area contributed by atoms with E-state index in [1.165, 1.54) is 0 Å². The van der Waals surface area contributed by atoms with Gasteiger partial charge in [0.2, 0.25) is 0 Å². The number of aliphatic hydroxyl groups is 1. The van der Waals surface area contributed by atoms with Crippen LogP contribution in [0, 0.1) is 0 Å². The Morgan fingerprint density at radius 2 is 1.86 bits per heavy atom. The highest BCUT2D eigenvalue weighted by atomic mass is 16.5. The van der Waals surface area contributed by atoms with Crippen LogP contribution in [0.2, 0.25) is 0 Å². The maximum Gasteiger partial charge on any atom is 0.161 e. The molecular weight excluding hydrogens is 370 g/mol. The SMILES string of the molecule is COc1ccc(CN(C)Cc2ccoc2)cc1OC[C@H](O)CN1CCN(C)CC1. The minimum Gasteiger partial charge on any atom is -0.493 e. The van der Waals surface area contributed by atoms with E-state index in [0.717, 1.165) is 50.4 Å². The van der Waals surface area contributed by atoms with Crippen molar-refractivity contribution in [2.75, 3.05) is 60.5 Å². The third kappa shape index (κ3) is 6.75. The third-order valence-electron chi connectivity index (χ3n) is 5.21. The fourth-order valence-electron chi connectivity index (χ4n) is 3.56. The Morgan fingerprint density at radius 3 is 2.55 bits per heavy atom. The minimum absolute atomic E-state index is 0.247. The Balaban J connectivity index is 1.52. The van der Waals surface area contributed by atoms with Gasteiger partial charge < -0.3 is 23.9 Å². The lowest BCUT2D eigenvalue weighted by Gasteiger charge is -2.33. The molecule has 2 heterocycles. The molecule has 1 aromatic carbocycles. The number of benzene rings is 1. The van der Waals surface area contributed by atoms with Gasteiger partial charge in [-0.15, -0.1) is 0 Å². The molecule has 160 valence electrons. The predicted octanol–water partition coefficient (Wildman–Crippen LogP) is 1.91. The number of furan rings is 1. The number of piperazine rings is 1. The predicted molar refractivity (Wildman–Crippen MR) is 112 cm³/mol. The van der Waals surface area contributed by atoms with E-state index in [-0.39, 0.29) is 6.61 Å². The summed E-state index contributed by atoms with van der Waals surface area (Å²) in [5.74, 6) is 1.34. The molecule has 1 aliphatic rings. The highest BCUT2D eigenvalue weighted by molar-refractivity contribution is 5.43. The van der Waals surface area contributed by atoms with Crippen molar-refractivity contribution in [3.8, 4) is 11.5 Å². The van der Waals surface area contributed by atoms with Gasteiger partial charge in [-0.05, 0) is 37.9 Å². The molecule has 1 saturated heterocycles. The van der Waals surface area contributed by atoms with Crippen molar-refractivity contribution in [2.24, 2.45) is 0 Å². The van der Waals surface area contributed by atoms with E-state index < -0.39 is 6.10 Å². The number of hydrogen-bond acceptors (Lipinski definition) is 7. The van der Waals surface area contributed by atoms with Gasteiger partial charge in [0.05, 0.1) is 19.6 Å². The molecule has 7 nitrogen and oxygen atoms in total. The fourth-order valence-corrected chi connectivity index (χ4v) is 3.56. The van der Waals surface area contributed by atoms with E-state index in [1.807, 2.05) is 24.3 Å². The first kappa shape index (κ1) is 21.6. The lowest BCUT2D eigenvalue weighted by atomic mass is 10.2. The van der Waals surface area contributed by atoms with Crippen LogP contribution in [0.15, 0.2) is 41.2 Å². The average Bonchev–Trinajstić information content (AvgIpc) is 3.21. The number of β-amino-alcohol motifs (C(OH)–C–C–N with tert-alkyl or cyclic N) is 1. The number of methoxy groups -OCH3 is 1. The quantitative estimate of drug-likeness (QED) is 0.650. The number of rotatable bonds is 10. The molecule has 29 heavy (non-hydrogen) atoms. The molecule has 1 aromatic heterocycles. The van der Waals surface area contributed by atoms with Crippen molar-refractivity contribution in [3.05, 3.63) is 47.9 Å². The summed E-state index contributed by atoms with van der Waals surface area (Å²) in [6, 6.07) is 7.93. The molecule has 0 radical (unpaired) electrons. The Labute approximate surface area is 173 Å². The summed E-state index contributed by atoms with van der Waals surface area (Å²) >= 11 is 0. The molecular formula is C22H33N3O4. The van der Waals surface area contributed by atoms with Gasteiger partial charge in [0.25, 0.3) is 0 Å². The second-order valence-electron chi connectivity index (χ2n) is 7.86. The number of hydrogen-bond donors (Lipinski definition) is 1. The Bertz CT molecular complexity index is 730. The first-order chi connectivity index (χ1) is 14.0. The van der Waals surface area contributed by atoms with E-state index >= 15 is 0 Å². The van der Waals surface area contributed by atoms with Gasteiger partial charge in [0.15, 0.2) is 11.5 Å². The normalized spacial score (nSPS) is 16.9. The van der Waals surface area contributed by atoms with Crippen LogP contribution < -0.4 is 9.47 Å². The molecule has 1 atom stereocenters. The molecule has 0 bridgehead atoms. The smallest absolute Gasteiger partial charge is 0.161 e. The molecule has 2 aromatic rings. The van der Waals surface area contributed by atoms with Gasteiger partial charge in [-0.1, -0.05) is 6.07 Å². The van der Waals surface area contributed by atoms with E-state index in [0.29, 0.717) is 18.0 Å². The molecule has 1 fully saturated rings. The largest absolute Gasteiger partial charge is 0.493 e. The first-order valence-electron chi connectivity index (χ1n) is 10.1. The summed E-state index contributed by atoms with van der Waals surface area (Å²) in [6.45, 7) is 6.49. The van der Waals surface area contributed by atoms with Crippen LogP contribution in [-0.4, -0.2) is 86.4 Å². The lowest BCUT2D eigenvalue weighted by molar-refractivity contribution is 0.0497. The first-order valence-corrected chi connectivity index (χ1v) is 10.1. The van der Waals surface area contributed by atoms with Gasteiger partial charge in [0, 0.05) is 51.4 Å². The summed E-state index contributed by atoms with van der Waals surface area (Å²) in [5, 5.41) is 10.4. The maximum absolute atomic E-state index is 10.4. The summed E-state index contributed by atoms with van der Waals surface area (Å²) < 4.78 is 16.5. The highest BCUT2D eigenvalue weighted by Crippen LogP contribution is 2.29. The number of aliphatic hydroxyl groups excluding tert-OH is 1. The van der Waals surface area contributed by atoms with E-state index in [2.05, 4.69) is 28.8 Å². The third-order valence-corrected chi connectivity index (χ3v) is 5.21. The zero-order chi connectivity index (χ0) is 20.6. The Kier molecular flexibility index (Phi) is 7.94. The molecule has 0 aliphatic carbocycles. The summed E-state index contributed by atoms with van der Waals surface area (Å²) in [5.41, 5.74) is 2.27. The number of likely N-dealkylation sites (N-methyl/N-ethyl adjacent to an activating group) is 1. The molecule has 0 amide bonds. The van der Waals surface area contributed by atoms with Gasteiger partial charge in [0.1, 0.15) is 12.7 Å². The molecule has 0 spiro atoms. The average molecular weight is 404 g/mol. The van der Waals surface area contributed by atoms with Crippen LogP contribution >= 0.6 is 0 Å². The van der Waals surface area contributed by atoms with Gasteiger partial charge >= 0.3 is 0 Å². The van der Waals surface area contributed by atoms with E-state index in [9.17, 15) is 5.11 Å². The van der Waals surface area contributed by atoms with Crippen LogP contribution in [0.1, 0.15) is 11.1 Å². The standard InChI is InChI=1S/C22H33N3O4/c1-23-7-9-25(10-8-23)15-20(26)17-29-22-12-18(4-5-21(22)27-3)13-24(2)14-19-6-11-28-16-19/h4-6,11-12,16,20,26H,7-10,13-15,17H2,1-3H3/t20-/m1/s1. The van der Waals surface area contributed by atoms with Crippen molar-refractivity contribution in [1.82, 2.24) is 14.7 Å². The van der Waals surface area contributed by atoms with Crippen molar-refractivity contribution in [2.45, 2.75) is 19.2 Å². The Morgan fingerprint density at radius 1 is 1.10 bits per heavy atom. The highest BCUT2D eigenvalue weighted by Gasteiger charge is 2.18. The van der Waals surface area contributed by atoms with E-state index in [4.69, 9.17) is 13.9 Å². The minimum atomic E-state index is -0.532. The van der Waals surface area contributed by atoms with E-state index in [1.54, 1.807) is 19.6 Å². The topological polar surface area (TPSA) is 61.6 Å². The zero-order valence-electron chi connectivity index (χ0n) is 17.7. The molecule has 1 N–H and O–H groups in total. The van der Waals surface area contributed by atoms with Crippen LogP contribution in [0.5, 0.6) is 11.5 Å². The molecule has 1 aliphatic heterocycles. The van der Waals surface area contributed by atoms with Crippen molar-refractivity contribution in [1.29, 1.82) is 0 Å². The van der Waals surface area contributed by atoms with Gasteiger partial charge in [-0.3, -0.25) is 9.80 Å². The molecule has 0 saturated carbocycles. The van der Waals surface area contributed by atoms with Gasteiger partial charge in [-0.2, -0.15) is 0 Å². The Hall–Kier alpha value is -2.06. The van der Waals surface area contributed by atoms with Gasteiger partial charge in [-0.25, -0.2) is 0 Å². The second kappa shape index (κ2) is 10.6. The zero-order valence-corrected chi connectivity index (χ0v) is 17.7.